The van der Waals surface area contributed by atoms with E-state index in [1.807, 2.05) is 60.7 Å². The van der Waals surface area contributed by atoms with Crippen molar-refractivity contribution in [3.8, 4) is 0 Å². The zero-order valence-electron chi connectivity index (χ0n) is 13.7. The van der Waals surface area contributed by atoms with E-state index in [9.17, 15) is 9.90 Å². The Morgan fingerprint density at radius 1 is 0.960 bits per heavy atom. The number of aliphatic hydroxyl groups is 1. The third kappa shape index (κ3) is 2.65. The molecule has 4 rings (SSSR count). The van der Waals surface area contributed by atoms with Gasteiger partial charge in [-0.05, 0) is 42.7 Å². The molecule has 2 aromatic carbocycles. The predicted octanol–water partition coefficient (Wildman–Crippen LogP) is 3.73. The van der Waals surface area contributed by atoms with Gasteiger partial charge in [0.25, 0.3) is 5.91 Å². The maximum atomic E-state index is 12.8. The Hall–Kier alpha value is -2.85. The Morgan fingerprint density at radius 2 is 1.64 bits per heavy atom. The normalized spacial score (nSPS) is 22.7. The zero-order valence-corrected chi connectivity index (χ0v) is 13.7. The van der Waals surface area contributed by atoms with Gasteiger partial charge in [0, 0.05) is 5.69 Å². The molecule has 4 heteroatoms. The third-order valence-corrected chi connectivity index (χ3v) is 4.78. The van der Waals surface area contributed by atoms with Crippen molar-refractivity contribution in [3.05, 3.63) is 90.4 Å². The van der Waals surface area contributed by atoms with Crippen LogP contribution in [-0.2, 0) is 11.2 Å². The lowest BCUT2D eigenvalue weighted by molar-refractivity contribution is -0.156. The summed E-state index contributed by atoms with van der Waals surface area (Å²) in [7, 11) is 0. The van der Waals surface area contributed by atoms with E-state index in [1.165, 1.54) is 0 Å². The van der Waals surface area contributed by atoms with Gasteiger partial charge in [0.2, 0.25) is 0 Å². The molecule has 1 aliphatic rings. The van der Waals surface area contributed by atoms with Crippen molar-refractivity contribution in [3.63, 3.8) is 0 Å². The van der Waals surface area contributed by atoms with Crippen LogP contribution in [0.25, 0.3) is 0 Å². The SMILES string of the molecule is O=C1N(c2ccccc2)[C@H](c2ccco2)[C@]1(O)CCc1ccccc1. The van der Waals surface area contributed by atoms with Crippen molar-refractivity contribution in [2.24, 2.45) is 0 Å². The van der Waals surface area contributed by atoms with Gasteiger partial charge in [-0.15, -0.1) is 0 Å². The maximum absolute atomic E-state index is 12.8. The molecule has 0 unspecified atom stereocenters. The predicted molar refractivity (Wildman–Crippen MR) is 95.1 cm³/mol. The van der Waals surface area contributed by atoms with Crippen molar-refractivity contribution in [1.29, 1.82) is 0 Å². The van der Waals surface area contributed by atoms with E-state index in [2.05, 4.69) is 0 Å². The number of benzene rings is 2. The molecule has 1 aliphatic heterocycles. The van der Waals surface area contributed by atoms with E-state index in [0.29, 0.717) is 18.6 Å². The first-order valence-corrected chi connectivity index (χ1v) is 8.38. The number of furan rings is 1. The van der Waals surface area contributed by atoms with Gasteiger partial charge < -0.3 is 9.52 Å². The second-order valence-corrected chi connectivity index (χ2v) is 6.34. The van der Waals surface area contributed by atoms with Crippen molar-refractivity contribution >= 4 is 11.6 Å². The maximum Gasteiger partial charge on any atom is 0.262 e. The largest absolute Gasteiger partial charge is 0.467 e. The summed E-state index contributed by atoms with van der Waals surface area (Å²) in [5, 5.41) is 11.2. The minimum Gasteiger partial charge on any atom is -0.467 e. The van der Waals surface area contributed by atoms with Gasteiger partial charge in [-0.1, -0.05) is 48.5 Å². The molecule has 0 saturated carbocycles. The smallest absolute Gasteiger partial charge is 0.262 e. The molecule has 1 saturated heterocycles. The molecule has 0 aliphatic carbocycles. The first-order valence-electron chi connectivity index (χ1n) is 8.38. The van der Waals surface area contributed by atoms with Crippen LogP contribution in [0.2, 0.25) is 0 Å². The quantitative estimate of drug-likeness (QED) is 0.724. The summed E-state index contributed by atoms with van der Waals surface area (Å²) in [6, 6.07) is 22.3. The van der Waals surface area contributed by atoms with Gasteiger partial charge in [0.05, 0.1) is 6.26 Å². The number of carbonyl (C=O) groups is 1. The lowest BCUT2D eigenvalue weighted by atomic mass is 9.76. The molecule has 4 nitrogen and oxygen atoms in total. The highest BCUT2D eigenvalue weighted by Gasteiger charge is 2.61. The summed E-state index contributed by atoms with van der Waals surface area (Å²) in [4.78, 5) is 14.5. The van der Waals surface area contributed by atoms with Crippen molar-refractivity contribution in [1.82, 2.24) is 0 Å². The van der Waals surface area contributed by atoms with E-state index in [4.69, 9.17) is 4.42 Å². The molecule has 25 heavy (non-hydrogen) atoms. The standard InChI is InChI=1S/C21H19NO3/c23-20-21(24,14-13-16-8-3-1-4-9-16)19(18-12-7-15-25-18)22(20)17-10-5-2-6-11-17/h1-12,15,19,24H,13-14H2/t19-,21-/m1/s1. The first kappa shape index (κ1) is 15.7. The number of anilines is 1. The number of aryl methyl sites for hydroxylation is 1. The van der Waals surface area contributed by atoms with Gasteiger partial charge in [-0.3, -0.25) is 9.69 Å². The second kappa shape index (κ2) is 6.22. The van der Waals surface area contributed by atoms with Crippen LogP contribution in [0.5, 0.6) is 0 Å². The summed E-state index contributed by atoms with van der Waals surface area (Å²) in [5.74, 6) is 0.315. The third-order valence-electron chi connectivity index (χ3n) is 4.78. The fraction of sp³-hybridized carbons (Fsp3) is 0.190. The minimum atomic E-state index is -1.45. The minimum absolute atomic E-state index is 0.281. The zero-order chi connectivity index (χ0) is 17.3. The van der Waals surface area contributed by atoms with Crippen molar-refractivity contribution in [2.45, 2.75) is 24.5 Å². The van der Waals surface area contributed by atoms with Crippen LogP contribution < -0.4 is 4.90 Å². The number of carbonyl (C=O) groups excluding carboxylic acids is 1. The van der Waals surface area contributed by atoms with E-state index in [1.54, 1.807) is 23.3 Å². The molecular weight excluding hydrogens is 314 g/mol. The van der Waals surface area contributed by atoms with Gasteiger partial charge in [0.1, 0.15) is 11.8 Å². The Labute approximate surface area is 146 Å². The lowest BCUT2D eigenvalue weighted by Crippen LogP contribution is -2.69. The van der Waals surface area contributed by atoms with Gasteiger partial charge >= 0.3 is 0 Å². The molecule has 0 spiro atoms. The number of nitrogens with zero attached hydrogens (tertiary/aromatic N) is 1. The number of hydrogen-bond acceptors (Lipinski definition) is 3. The molecule has 1 fully saturated rings. The van der Waals surface area contributed by atoms with Crippen molar-refractivity contribution in [2.75, 3.05) is 4.90 Å². The monoisotopic (exact) mass is 333 g/mol. The van der Waals surface area contributed by atoms with Crippen LogP contribution in [0, 0.1) is 0 Å². The molecule has 0 radical (unpaired) electrons. The van der Waals surface area contributed by atoms with Crippen LogP contribution >= 0.6 is 0 Å². The van der Waals surface area contributed by atoms with Crippen LogP contribution in [-0.4, -0.2) is 16.6 Å². The Balaban J connectivity index is 1.63. The molecule has 2 heterocycles. The number of hydrogen-bond donors (Lipinski definition) is 1. The molecule has 0 bridgehead atoms. The molecule has 3 aromatic rings. The fourth-order valence-electron chi connectivity index (χ4n) is 3.48. The van der Waals surface area contributed by atoms with Crippen LogP contribution in [0.3, 0.4) is 0 Å². The fourth-order valence-corrected chi connectivity index (χ4v) is 3.48. The molecule has 1 aromatic heterocycles. The summed E-state index contributed by atoms with van der Waals surface area (Å²) < 4.78 is 5.53. The van der Waals surface area contributed by atoms with Crippen LogP contribution in [0.4, 0.5) is 5.69 Å². The Morgan fingerprint density at radius 3 is 2.28 bits per heavy atom. The summed E-state index contributed by atoms with van der Waals surface area (Å²) >= 11 is 0. The highest BCUT2D eigenvalue weighted by Crippen LogP contribution is 2.48. The van der Waals surface area contributed by atoms with E-state index in [0.717, 1.165) is 11.3 Å². The Bertz CT molecular complexity index is 845. The summed E-state index contributed by atoms with van der Waals surface area (Å²) in [6.07, 6.45) is 2.55. The van der Waals surface area contributed by atoms with Gasteiger partial charge in [-0.2, -0.15) is 0 Å². The highest BCUT2D eigenvalue weighted by atomic mass is 16.3. The van der Waals surface area contributed by atoms with Crippen molar-refractivity contribution < 1.29 is 14.3 Å². The first-order chi connectivity index (χ1) is 12.2. The van der Waals surface area contributed by atoms with E-state index in [-0.39, 0.29) is 5.91 Å². The average Bonchev–Trinajstić information content (AvgIpc) is 3.18. The molecule has 2 atom stereocenters. The summed E-state index contributed by atoms with van der Waals surface area (Å²) in [6.45, 7) is 0. The van der Waals surface area contributed by atoms with Gasteiger partial charge in [0.15, 0.2) is 5.60 Å². The van der Waals surface area contributed by atoms with Gasteiger partial charge in [-0.25, -0.2) is 0 Å². The molecule has 1 N–H and O–H groups in total. The molecule has 126 valence electrons. The van der Waals surface area contributed by atoms with Crippen LogP contribution in [0.1, 0.15) is 23.8 Å². The lowest BCUT2D eigenvalue weighted by Gasteiger charge is -2.52. The Kier molecular flexibility index (Phi) is 3.90. The summed E-state index contributed by atoms with van der Waals surface area (Å²) in [5.41, 5.74) is 0.405. The second-order valence-electron chi connectivity index (χ2n) is 6.34. The van der Waals surface area contributed by atoms with E-state index >= 15 is 0 Å². The number of rotatable bonds is 5. The number of β-lactam (4-membered cyclic amide) rings is 1. The molecular formula is C21H19NO3. The average molecular weight is 333 g/mol. The van der Waals surface area contributed by atoms with Crippen LogP contribution in [0.15, 0.2) is 83.5 Å². The number of amides is 1. The number of para-hydroxylation sites is 1. The topological polar surface area (TPSA) is 53.7 Å². The van der Waals surface area contributed by atoms with E-state index < -0.39 is 11.6 Å². The molecule has 1 amide bonds. The highest BCUT2D eigenvalue weighted by molar-refractivity contribution is 6.08.